The van der Waals surface area contributed by atoms with E-state index in [0.29, 0.717) is 16.7 Å². The number of amides is 1. The summed E-state index contributed by atoms with van der Waals surface area (Å²) in [6.45, 7) is 4.13. The SMILES string of the molecule is Cc1nn(Cc2ccc(Cl)cc2)c(Cl)c1/C=C/C(=O)N1CCCC1. The van der Waals surface area contributed by atoms with Crippen molar-refractivity contribution in [1.82, 2.24) is 14.7 Å². The molecule has 0 radical (unpaired) electrons. The van der Waals surface area contributed by atoms with Crippen LogP contribution in [0.25, 0.3) is 6.08 Å². The minimum Gasteiger partial charge on any atom is -0.339 e. The van der Waals surface area contributed by atoms with E-state index in [4.69, 9.17) is 23.2 Å². The fourth-order valence-electron chi connectivity index (χ4n) is 2.82. The molecule has 0 spiro atoms. The van der Waals surface area contributed by atoms with Crippen molar-refractivity contribution >= 4 is 35.2 Å². The smallest absolute Gasteiger partial charge is 0.246 e. The van der Waals surface area contributed by atoms with Crippen molar-refractivity contribution < 1.29 is 4.79 Å². The predicted molar refractivity (Wildman–Crippen MR) is 97.4 cm³/mol. The van der Waals surface area contributed by atoms with Gasteiger partial charge in [-0.15, -0.1) is 0 Å². The molecule has 0 aliphatic carbocycles. The summed E-state index contributed by atoms with van der Waals surface area (Å²) in [7, 11) is 0. The first-order valence-corrected chi connectivity index (χ1v) is 8.74. The number of aryl methyl sites for hydroxylation is 1. The van der Waals surface area contributed by atoms with Crippen LogP contribution in [0.4, 0.5) is 0 Å². The number of benzene rings is 1. The second kappa shape index (κ2) is 7.41. The molecule has 4 nitrogen and oxygen atoms in total. The second-order valence-corrected chi connectivity index (χ2v) is 6.73. The van der Waals surface area contributed by atoms with Gasteiger partial charge < -0.3 is 4.90 Å². The van der Waals surface area contributed by atoms with Crippen molar-refractivity contribution in [1.29, 1.82) is 0 Å². The molecule has 1 aliphatic heterocycles. The maximum atomic E-state index is 12.1. The number of carbonyl (C=O) groups is 1. The van der Waals surface area contributed by atoms with Crippen molar-refractivity contribution in [3.05, 3.63) is 57.3 Å². The highest BCUT2D eigenvalue weighted by molar-refractivity contribution is 6.31. The third-order valence-electron chi connectivity index (χ3n) is 4.17. The molecular weight excluding hydrogens is 345 g/mol. The average Bonchev–Trinajstić information content (AvgIpc) is 3.18. The Morgan fingerprint density at radius 2 is 1.88 bits per heavy atom. The fourth-order valence-corrected chi connectivity index (χ4v) is 3.24. The van der Waals surface area contributed by atoms with Gasteiger partial charge in [0.2, 0.25) is 5.91 Å². The van der Waals surface area contributed by atoms with Crippen LogP contribution in [0.15, 0.2) is 30.3 Å². The highest BCUT2D eigenvalue weighted by Crippen LogP contribution is 2.23. The molecule has 0 atom stereocenters. The van der Waals surface area contributed by atoms with Crippen LogP contribution in [-0.4, -0.2) is 33.7 Å². The maximum Gasteiger partial charge on any atom is 0.246 e. The van der Waals surface area contributed by atoms with E-state index < -0.39 is 0 Å². The van der Waals surface area contributed by atoms with Gasteiger partial charge in [-0.05, 0) is 43.5 Å². The molecule has 24 heavy (non-hydrogen) atoms. The first kappa shape index (κ1) is 17.1. The molecule has 1 aromatic carbocycles. The third kappa shape index (κ3) is 3.82. The lowest BCUT2D eigenvalue weighted by molar-refractivity contribution is -0.124. The Balaban J connectivity index is 1.76. The van der Waals surface area contributed by atoms with E-state index >= 15 is 0 Å². The van der Waals surface area contributed by atoms with Gasteiger partial charge in [0, 0.05) is 29.8 Å². The molecule has 1 aromatic heterocycles. The van der Waals surface area contributed by atoms with Crippen LogP contribution in [0.1, 0.15) is 29.7 Å². The van der Waals surface area contributed by atoms with Crippen molar-refractivity contribution in [2.24, 2.45) is 0 Å². The molecule has 0 N–H and O–H groups in total. The molecule has 0 bridgehead atoms. The van der Waals surface area contributed by atoms with E-state index in [2.05, 4.69) is 5.10 Å². The Labute approximate surface area is 151 Å². The van der Waals surface area contributed by atoms with Crippen LogP contribution in [-0.2, 0) is 11.3 Å². The van der Waals surface area contributed by atoms with E-state index in [1.54, 1.807) is 16.8 Å². The first-order chi connectivity index (χ1) is 11.5. The normalized spacial score (nSPS) is 14.7. The Hall–Kier alpha value is -1.78. The number of rotatable bonds is 4. The van der Waals surface area contributed by atoms with Gasteiger partial charge in [0.25, 0.3) is 0 Å². The quantitative estimate of drug-likeness (QED) is 0.764. The average molecular weight is 364 g/mol. The molecule has 126 valence electrons. The summed E-state index contributed by atoms with van der Waals surface area (Å²) in [5.74, 6) is 0.0356. The Bertz CT molecular complexity index is 759. The van der Waals surface area contributed by atoms with Crippen LogP contribution in [0.2, 0.25) is 10.2 Å². The molecule has 1 aliphatic rings. The molecule has 6 heteroatoms. The minimum absolute atomic E-state index is 0.0356. The number of hydrogen-bond acceptors (Lipinski definition) is 2. The van der Waals surface area contributed by atoms with Gasteiger partial charge in [-0.2, -0.15) is 5.10 Å². The standard InChI is InChI=1S/C18H19Cl2N3O/c1-13-16(8-9-17(24)22-10-2-3-11-22)18(20)23(21-13)12-14-4-6-15(19)7-5-14/h4-9H,2-3,10-12H2,1H3/b9-8+. The zero-order chi connectivity index (χ0) is 17.1. The lowest BCUT2D eigenvalue weighted by Gasteiger charge is -2.11. The van der Waals surface area contributed by atoms with Gasteiger partial charge in [0.15, 0.2) is 0 Å². The third-order valence-corrected chi connectivity index (χ3v) is 4.82. The maximum absolute atomic E-state index is 12.1. The molecule has 0 unspecified atom stereocenters. The summed E-state index contributed by atoms with van der Waals surface area (Å²) in [5.41, 5.74) is 2.66. The van der Waals surface area contributed by atoms with E-state index in [1.165, 1.54) is 0 Å². The summed E-state index contributed by atoms with van der Waals surface area (Å²) < 4.78 is 1.74. The molecule has 0 saturated carbocycles. The largest absolute Gasteiger partial charge is 0.339 e. The number of carbonyl (C=O) groups excluding carboxylic acids is 1. The molecule has 2 aromatic rings. The summed E-state index contributed by atoms with van der Waals surface area (Å²) >= 11 is 12.4. The van der Waals surface area contributed by atoms with Gasteiger partial charge in [-0.25, -0.2) is 4.68 Å². The molecule has 1 amide bonds. The topological polar surface area (TPSA) is 38.1 Å². The van der Waals surface area contributed by atoms with Gasteiger partial charge in [0.05, 0.1) is 12.2 Å². The predicted octanol–water partition coefficient (Wildman–Crippen LogP) is 4.18. The van der Waals surface area contributed by atoms with Crippen molar-refractivity contribution in [2.45, 2.75) is 26.3 Å². The Morgan fingerprint density at radius 1 is 1.21 bits per heavy atom. The minimum atomic E-state index is 0.0356. The molecule has 1 fully saturated rings. The number of nitrogens with zero attached hydrogens (tertiary/aromatic N) is 3. The van der Waals surface area contributed by atoms with E-state index in [-0.39, 0.29) is 5.91 Å². The van der Waals surface area contributed by atoms with Gasteiger partial charge in [-0.1, -0.05) is 35.3 Å². The van der Waals surface area contributed by atoms with Crippen molar-refractivity contribution in [2.75, 3.05) is 13.1 Å². The lowest BCUT2D eigenvalue weighted by Crippen LogP contribution is -2.25. The summed E-state index contributed by atoms with van der Waals surface area (Å²) in [6, 6.07) is 7.58. The van der Waals surface area contributed by atoms with E-state index in [9.17, 15) is 4.79 Å². The van der Waals surface area contributed by atoms with Crippen LogP contribution < -0.4 is 0 Å². The van der Waals surface area contributed by atoms with Gasteiger partial charge in [-0.3, -0.25) is 4.79 Å². The number of halogens is 2. The number of hydrogen-bond donors (Lipinski definition) is 0. The number of aromatic nitrogens is 2. The van der Waals surface area contributed by atoms with Crippen molar-refractivity contribution in [3.8, 4) is 0 Å². The molecule has 3 rings (SSSR count). The summed E-state index contributed by atoms with van der Waals surface area (Å²) in [5, 5.41) is 5.71. The Kier molecular flexibility index (Phi) is 5.27. The van der Waals surface area contributed by atoms with E-state index in [1.807, 2.05) is 36.1 Å². The van der Waals surface area contributed by atoms with Crippen LogP contribution in [0, 0.1) is 6.92 Å². The zero-order valence-electron chi connectivity index (χ0n) is 13.5. The highest BCUT2D eigenvalue weighted by Gasteiger charge is 2.16. The van der Waals surface area contributed by atoms with Gasteiger partial charge >= 0.3 is 0 Å². The zero-order valence-corrected chi connectivity index (χ0v) is 15.0. The molecule has 1 saturated heterocycles. The summed E-state index contributed by atoms with van der Waals surface area (Å²) in [4.78, 5) is 14.0. The summed E-state index contributed by atoms with van der Waals surface area (Å²) in [6.07, 6.45) is 5.52. The molecular formula is C18H19Cl2N3O. The number of likely N-dealkylation sites (tertiary alicyclic amines) is 1. The monoisotopic (exact) mass is 363 g/mol. The Morgan fingerprint density at radius 3 is 2.54 bits per heavy atom. The van der Waals surface area contributed by atoms with Crippen LogP contribution >= 0.6 is 23.2 Å². The fraction of sp³-hybridized carbons (Fsp3) is 0.333. The van der Waals surface area contributed by atoms with Crippen LogP contribution in [0.5, 0.6) is 0 Å². The lowest BCUT2D eigenvalue weighted by atomic mass is 10.2. The van der Waals surface area contributed by atoms with Crippen molar-refractivity contribution in [3.63, 3.8) is 0 Å². The highest BCUT2D eigenvalue weighted by atomic mass is 35.5. The van der Waals surface area contributed by atoms with Crippen LogP contribution in [0.3, 0.4) is 0 Å². The van der Waals surface area contributed by atoms with E-state index in [0.717, 1.165) is 42.8 Å². The molecule has 2 heterocycles. The second-order valence-electron chi connectivity index (χ2n) is 5.94. The first-order valence-electron chi connectivity index (χ1n) is 7.99. The van der Waals surface area contributed by atoms with Gasteiger partial charge in [0.1, 0.15) is 5.15 Å².